The van der Waals surface area contributed by atoms with E-state index in [0.717, 1.165) is 5.92 Å². The standard InChI is InChI=1S/C13H19.2Li/c1-4-11(2)9-10-13-8-6-5-7-12(13)3;;/h5-8,10-11H,4,9H2,1-3H3;;/q-1;2*+1. The van der Waals surface area contributed by atoms with Crippen molar-refractivity contribution < 1.29 is 37.7 Å². The average Bonchev–Trinajstić information content (AvgIpc) is 2.16. The van der Waals surface area contributed by atoms with Crippen LogP contribution < -0.4 is 37.7 Å². The predicted octanol–water partition coefficient (Wildman–Crippen LogP) is -2.01. The molecule has 0 saturated carbocycles. The van der Waals surface area contributed by atoms with E-state index in [1.807, 2.05) is 0 Å². The normalized spacial score (nSPS) is 10.9. The van der Waals surface area contributed by atoms with Crippen molar-refractivity contribution in [1.29, 1.82) is 0 Å². The fourth-order valence-electron chi connectivity index (χ4n) is 1.31. The number of benzene rings is 1. The number of aryl methyl sites for hydroxylation is 1. The first-order chi connectivity index (χ1) is 6.24. The molecule has 0 radical (unpaired) electrons. The minimum atomic E-state index is 0. The molecule has 0 aromatic heterocycles. The van der Waals surface area contributed by atoms with Crippen LogP contribution in [0.25, 0.3) is 0 Å². The summed E-state index contributed by atoms with van der Waals surface area (Å²) in [5.74, 6) is 0.805. The van der Waals surface area contributed by atoms with E-state index in [1.54, 1.807) is 0 Å². The number of rotatable bonds is 4. The van der Waals surface area contributed by atoms with E-state index < -0.39 is 0 Å². The van der Waals surface area contributed by atoms with Crippen LogP contribution in [0.1, 0.15) is 37.8 Å². The van der Waals surface area contributed by atoms with Gasteiger partial charge in [0.05, 0.1) is 0 Å². The molecule has 0 aliphatic heterocycles. The third-order valence-corrected chi connectivity index (χ3v) is 2.63. The van der Waals surface area contributed by atoms with Gasteiger partial charge in [0.1, 0.15) is 0 Å². The molecule has 0 heterocycles. The van der Waals surface area contributed by atoms with Crippen LogP contribution in [0.2, 0.25) is 0 Å². The fourth-order valence-corrected chi connectivity index (χ4v) is 1.31. The van der Waals surface area contributed by atoms with Crippen molar-refractivity contribution in [2.24, 2.45) is 5.92 Å². The Morgan fingerprint density at radius 3 is 2.33 bits per heavy atom. The summed E-state index contributed by atoms with van der Waals surface area (Å²) in [4.78, 5) is 0. The van der Waals surface area contributed by atoms with Gasteiger partial charge in [0.15, 0.2) is 0 Å². The van der Waals surface area contributed by atoms with Gasteiger partial charge < -0.3 is 0 Å². The van der Waals surface area contributed by atoms with Crippen molar-refractivity contribution in [3.63, 3.8) is 0 Å². The molecule has 0 amide bonds. The maximum atomic E-state index is 2.35. The summed E-state index contributed by atoms with van der Waals surface area (Å²) in [5, 5.41) is 0. The zero-order valence-corrected chi connectivity index (χ0v) is 10.9. The van der Waals surface area contributed by atoms with E-state index in [2.05, 4.69) is 51.5 Å². The Balaban J connectivity index is 0. The molecule has 1 aromatic carbocycles. The Kier molecular flexibility index (Phi) is 11.2. The summed E-state index contributed by atoms with van der Waals surface area (Å²) in [7, 11) is 0. The second-order valence-corrected chi connectivity index (χ2v) is 3.81. The van der Waals surface area contributed by atoms with Crippen molar-refractivity contribution in [3.8, 4) is 0 Å². The van der Waals surface area contributed by atoms with E-state index >= 15 is 0 Å². The summed E-state index contributed by atoms with van der Waals surface area (Å²) in [6, 6.07) is 8.56. The molecule has 0 aliphatic rings. The second kappa shape index (κ2) is 9.51. The minimum absolute atomic E-state index is 0. The second-order valence-electron chi connectivity index (χ2n) is 3.81. The summed E-state index contributed by atoms with van der Waals surface area (Å²) < 4.78 is 0. The van der Waals surface area contributed by atoms with E-state index in [9.17, 15) is 0 Å². The van der Waals surface area contributed by atoms with Crippen molar-refractivity contribution in [1.82, 2.24) is 0 Å². The Labute approximate surface area is 119 Å². The van der Waals surface area contributed by atoms with Gasteiger partial charge in [-0.2, -0.15) is 23.6 Å². The molecule has 0 saturated heterocycles. The summed E-state index contributed by atoms with van der Waals surface area (Å²) in [5.41, 5.74) is 2.77. The van der Waals surface area contributed by atoms with Crippen LogP contribution in [0.15, 0.2) is 24.3 Å². The fraction of sp³-hybridized carbons (Fsp3) is 0.462. The molecule has 15 heavy (non-hydrogen) atoms. The first-order valence-corrected chi connectivity index (χ1v) is 5.13. The van der Waals surface area contributed by atoms with Gasteiger partial charge in [0.25, 0.3) is 0 Å². The maximum absolute atomic E-state index is 2.35. The Morgan fingerprint density at radius 2 is 1.80 bits per heavy atom. The van der Waals surface area contributed by atoms with Gasteiger partial charge in [-0.05, 0) is 0 Å². The van der Waals surface area contributed by atoms with Crippen molar-refractivity contribution in [2.75, 3.05) is 0 Å². The van der Waals surface area contributed by atoms with Crippen LogP contribution in [0.3, 0.4) is 0 Å². The van der Waals surface area contributed by atoms with Crippen molar-refractivity contribution in [2.45, 2.75) is 33.6 Å². The first-order valence-electron chi connectivity index (χ1n) is 5.13. The largest absolute Gasteiger partial charge is 1.00 e. The molecule has 2 heteroatoms. The SMILES string of the molecule is CCC(C)C[CH-]c1ccccc1C.[Li+].[Li+]. The molecule has 1 unspecified atom stereocenters. The molecule has 0 N–H and O–H groups in total. The zero-order valence-electron chi connectivity index (χ0n) is 10.9. The molecule has 0 bridgehead atoms. The molecule has 1 atom stereocenters. The van der Waals surface area contributed by atoms with Crippen LogP contribution >= 0.6 is 0 Å². The van der Waals surface area contributed by atoms with Crippen LogP contribution in [-0.2, 0) is 0 Å². The van der Waals surface area contributed by atoms with E-state index in [1.165, 1.54) is 24.0 Å². The molecule has 72 valence electrons. The van der Waals surface area contributed by atoms with Crippen LogP contribution in [0.4, 0.5) is 0 Å². The van der Waals surface area contributed by atoms with Gasteiger partial charge in [-0.1, -0.05) is 45.6 Å². The van der Waals surface area contributed by atoms with Crippen LogP contribution in [0, 0.1) is 19.3 Å². The number of hydrogen-bond acceptors (Lipinski definition) is 0. The average molecular weight is 189 g/mol. The summed E-state index contributed by atoms with van der Waals surface area (Å²) in [6.07, 6.45) is 4.81. The van der Waals surface area contributed by atoms with E-state index in [0.29, 0.717) is 0 Å². The first kappa shape index (κ1) is 17.7. The van der Waals surface area contributed by atoms with Crippen molar-refractivity contribution >= 4 is 0 Å². The monoisotopic (exact) mass is 189 g/mol. The van der Waals surface area contributed by atoms with E-state index in [4.69, 9.17) is 0 Å². The van der Waals surface area contributed by atoms with Crippen LogP contribution in [0.5, 0.6) is 0 Å². The van der Waals surface area contributed by atoms with Crippen molar-refractivity contribution in [3.05, 3.63) is 41.8 Å². The Bertz CT molecular complexity index is 258. The van der Waals surface area contributed by atoms with Gasteiger partial charge in [-0.25, -0.2) is 0 Å². The molecular formula is C13H19Li2+. The molecule has 0 nitrogen and oxygen atoms in total. The molecule has 0 fully saturated rings. The molecule has 0 spiro atoms. The molecule has 1 aromatic rings. The third-order valence-electron chi connectivity index (χ3n) is 2.63. The third kappa shape index (κ3) is 6.45. The molecule has 1 rings (SSSR count). The number of hydrogen-bond donors (Lipinski definition) is 0. The predicted molar refractivity (Wildman–Crippen MR) is 58.7 cm³/mol. The molecular weight excluding hydrogens is 170 g/mol. The van der Waals surface area contributed by atoms with Gasteiger partial charge in [0.2, 0.25) is 0 Å². The summed E-state index contributed by atoms with van der Waals surface area (Å²) in [6.45, 7) is 6.72. The van der Waals surface area contributed by atoms with Gasteiger partial charge in [-0.3, -0.25) is 0 Å². The topological polar surface area (TPSA) is 0 Å². The Hall–Kier alpha value is 0.285. The Morgan fingerprint density at radius 1 is 1.20 bits per heavy atom. The quantitative estimate of drug-likeness (QED) is 0.379. The zero-order chi connectivity index (χ0) is 9.68. The van der Waals surface area contributed by atoms with Gasteiger partial charge in [-0.15, -0.1) is 12.1 Å². The smallest absolute Gasteiger partial charge is 0.189 e. The van der Waals surface area contributed by atoms with E-state index in [-0.39, 0.29) is 37.7 Å². The van der Waals surface area contributed by atoms with Gasteiger partial charge in [0, 0.05) is 0 Å². The van der Waals surface area contributed by atoms with Crippen LogP contribution in [-0.4, -0.2) is 0 Å². The van der Waals surface area contributed by atoms with Gasteiger partial charge >= 0.3 is 37.7 Å². The summed E-state index contributed by atoms with van der Waals surface area (Å²) >= 11 is 0. The minimum Gasteiger partial charge on any atom is -0.189 e. The molecule has 0 aliphatic carbocycles. The maximum Gasteiger partial charge on any atom is 1.00 e.